The molecule has 196 valence electrons. The number of para-hydroxylation sites is 2. The van der Waals surface area contributed by atoms with Gasteiger partial charge in [-0.15, -0.1) is 0 Å². The molecule has 3 unspecified atom stereocenters. The Balaban J connectivity index is 1.47. The lowest BCUT2D eigenvalue weighted by molar-refractivity contribution is -0.138. The lowest BCUT2D eigenvalue weighted by Gasteiger charge is -2.36. The number of nitrogens with one attached hydrogen (secondary N) is 2. The molecule has 0 saturated carbocycles. The number of nitrogens with zero attached hydrogens (tertiary/aromatic N) is 2. The number of fused-ring (bicyclic) bond motifs is 4. The summed E-state index contributed by atoms with van der Waals surface area (Å²) in [6.45, 7) is 1.34. The summed E-state index contributed by atoms with van der Waals surface area (Å²) in [5.41, 5.74) is 3.51. The van der Waals surface area contributed by atoms with Crippen LogP contribution in [-0.4, -0.2) is 50.9 Å². The lowest BCUT2D eigenvalue weighted by atomic mass is 9.89. The fourth-order valence-corrected chi connectivity index (χ4v) is 5.71. The molecule has 0 radical (unpaired) electrons. The van der Waals surface area contributed by atoms with Crippen molar-refractivity contribution < 1.29 is 24.3 Å². The van der Waals surface area contributed by atoms with E-state index in [2.05, 4.69) is 10.3 Å². The Morgan fingerprint density at radius 3 is 2.56 bits per heavy atom. The molecule has 3 aromatic carbocycles. The number of carbonyl (C=O) groups is 4. The number of benzene rings is 3. The summed E-state index contributed by atoms with van der Waals surface area (Å²) in [7, 11) is 0. The first kappa shape index (κ1) is 24.7. The average Bonchev–Trinajstić information content (AvgIpc) is 3.41. The number of hydrogen-bond acceptors (Lipinski definition) is 4. The number of amides is 4. The van der Waals surface area contributed by atoms with E-state index in [1.165, 1.54) is 19.1 Å². The molecule has 39 heavy (non-hydrogen) atoms. The first-order valence-electron chi connectivity index (χ1n) is 12.4. The van der Waals surface area contributed by atoms with Crippen molar-refractivity contribution in [2.24, 2.45) is 0 Å². The van der Waals surface area contributed by atoms with Gasteiger partial charge in [0.1, 0.15) is 18.1 Å². The normalized spacial score (nSPS) is 19.1. The van der Waals surface area contributed by atoms with Crippen molar-refractivity contribution in [2.45, 2.75) is 31.5 Å². The van der Waals surface area contributed by atoms with E-state index in [-0.39, 0.29) is 11.3 Å². The maximum absolute atomic E-state index is 14.1. The van der Waals surface area contributed by atoms with Gasteiger partial charge in [0.15, 0.2) is 0 Å². The maximum Gasteiger partial charge on any atom is 0.332 e. The zero-order valence-corrected chi connectivity index (χ0v) is 21.5. The van der Waals surface area contributed by atoms with Gasteiger partial charge in [-0.25, -0.2) is 9.69 Å². The fraction of sp³-hybridized carbons (Fsp3) is 0.172. The molecule has 6 rings (SSSR count). The number of rotatable bonds is 5. The number of imide groups is 1. The Morgan fingerprint density at radius 1 is 1.05 bits per heavy atom. The number of aliphatic carboxylic acids is 1. The van der Waals surface area contributed by atoms with Gasteiger partial charge in [-0.3, -0.25) is 19.3 Å². The van der Waals surface area contributed by atoms with Crippen molar-refractivity contribution in [3.05, 3.63) is 100 Å². The number of H-pyrrole nitrogens is 1. The average molecular weight is 543 g/mol. The Kier molecular flexibility index (Phi) is 5.88. The van der Waals surface area contributed by atoms with Gasteiger partial charge in [0.05, 0.1) is 11.3 Å². The zero-order valence-electron chi connectivity index (χ0n) is 20.7. The first-order valence-corrected chi connectivity index (χ1v) is 12.8. The van der Waals surface area contributed by atoms with Crippen LogP contribution in [0, 0.1) is 0 Å². The number of urea groups is 1. The van der Waals surface area contributed by atoms with Crippen LogP contribution in [-0.2, 0) is 16.0 Å². The second-order valence-electron chi connectivity index (χ2n) is 9.65. The number of aromatic nitrogens is 1. The van der Waals surface area contributed by atoms with E-state index in [4.69, 9.17) is 11.6 Å². The molecule has 9 nitrogen and oxygen atoms in total. The largest absolute Gasteiger partial charge is 0.480 e. The molecule has 10 heteroatoms. The second-order valence-corrected chi connectivity index (χ2v) is 10.1. The molecule has 1 aromatic heterocycles. The summed E-state index contributed by atoms with van der Waals surface area (Å²) < 4.78 is 0. The highest BCUT2D eigenvalue weighted by atomic mass is 35.5. The van der Waals surface area contributed by atoms with Crippen LogP contribution >= 0.6 is 11.6 Å². The second kappa shape index (κ2) is 9.28. The monoisotopic (exact) mass is 542 g/mol. The quantitative estimate of drug-likeness (QED) is 0.320. The van der Waals surface area contributed by atoms with E-state index >= 15 is 0 Å². The van der Waals surface area contributed by atoms with Gasteiger partial charge >= 0.3 is 12.0 Å². The number of carboxylic acid groups (broad SMARTS) is 1. The van der Waals surface area contributed by atoms with E-state index in [9.17, 15) is 24.3 Å². The van der Waals surface area contributed by atoms with E-state index in [1.54, 1.807) is 35.2 Å². The predicted octanol–water partition coefficient (Wildman–Crippen LogP) is 4.51. The molecule has 2 aliphatic rings. The minimum absolute atomic E-state index is 0.0235. The molecule has 2 aliphatic heterocycles. The highest BCUT2D eigenvalue weighted by Gasteiger charge is 2.53. The topological polar surface area (TPSA) is 123 Å². The van der Waals surface area contributed by atoms with Gasteiger partial charge in [-0.05, 0) is 48.4 Å². The van der Waals surface area contributed by atoms with Gasteiger partial charge in [0.25, 0.3) is 11.8 Å². The van der Waals surface area contributed by atoms with Crippen molar-refractivity contribution in [3.63, 3.8) is 0 Å². The third kappa shape index (κ3) is 3.93. The summed E-state index contributed by atoms with van der Waals surface area (Å²) >= 11 is 6.34. The molecule has 1 saturated heterocycles. The van der Waals surface area contributed by atoms with Crippen LogP contribution in [0.25, 0.3) is 10.9 Å². The van der Waals surface area contributed by atoms with Crippen molar-refractivity contribution in [3.8, 4) is 0 Å². The minimum atomic E-state index is -1.20. The first-order chi connectivity index (χ1) is 18.8. The third-order valence-electron chi connectivity index (χ3n) is 7.32. The standard InChI is InChI=1S/C29H23ClN4O5/c1-15(28(37)38)31-26(35)19-10-3-5-12-22(19)34-27(36)23-14-20-18-9-2-4-11-21(18)32-24(20)25(33(23)29(34)39)16-7-6-8-17(30)13-16/h2-13,15,23,25,32H,14H2,1H3,(H,31,35)(H,37,38). The molecule has 3 atom stereocenters. The van der Waals surface area contributed by atoms with E-state index in [0.717, 1.165) is 32.6 Å². The van der Waals surface area contributed by atoms with Crippen molar-refractivity contribution in [2.75, 3.05) is 4.90 Å². The smallest absolute Gasteiger partial charge is 0.332 e. The zero-order chi connectivity index (χ0) is 27.4. The van der Waals surface area contributed by atoms with Gasteiger partial charge in [-0.2, -0.15) is 0 Å². The number of carbonyl (C=O) groups excluding carboxylic acids is 3. The number of halogens is 1. The minimum Gasteiger partial charge on any atom is -0.480 e. The highest BCUT2D eigenvalue weighted by molar-refractivity contribution is 6.30. The van der Waals surface area contributed by atoms with Crippen molar-refractivity contribution in [1.82, 2.24) is 15.2 Å². The van der Waals surface area contributed by atoms with Crippen LogP contribution in [0.15, 0.2) is 72.8 Å². The Hall–Kier alpha value is -4.63. The number of hydrogen-bond donors (Lipinski definition) is 3. The van der Waals surface area contributed by atoms with Crippen LogP contribution in [0.3, 0.4) is 0 Å². The van der Waals surface area contributed by atoms with Gasteiger partial charge in [0, 0.05) is 28.0 Å². The van der Waals surface area contributed by atoms with Crippen molar-refractivity contribution >= 4 is 52.0 Å². The van der Waals surface area contributed by atoms with Gasteiger partial charge in [-0.1, -0.05) is 54.1 Å². The maximum atomic E-state index is 14.1. The summed E-state index contributed by atoms with van der Waals surface area (Å²) in [5.74, 6) is -2.37. The van der Waals surface area contributed by atoms with Crippen molar-refractivity contribution in [1.29, 1.82) is 0 Å². The SMILES string of the molecule is CC(NC(=O)c1ccccc1N1C(=O)C2Cc3c([nH]c4ccccc34)C(c3cccc(Cl)c3)N2C1=O)C(=O)O. The van der Waals surface area contributed by atoms with Crippen LogP contribution in [0.4, 0.5) is 10.5 Å². The summed E-state index contributed by atoms with van der Waals surface area (Å²) in [6, 6.07) is 18.0. The highest BCUT2D eigenvalue weighted by Crippen LogP contribution is 2.45. The number of aromatic amines is 1. The molecule has 3 N–H and O–H groups in total. The molecule has 4 aromatic rings. The molecule has 0 spiro atoms. The van der Waals surface area contributed by atoms with Crippen LogP contribution in [0.5, 0.6) is 0 Å². The lowest BCUT2D eigenvalue weighted by Crippen LogP contribution is -2.44. The molecule has 0 aliphatic carbocycles. The molecular weight excluding hydrogens is 520 g/mol. The Morgan fingerprint density at radius 2 is 1.79 bits per heavy atom. The van der Waals surface area contributed by atoms with E-state index in [0.29, 0.717) is 11.4 Å². The van der Waals surface area contributed by atoms with Crippen LogP contribution < -0.4 is 10.2 Å². The molecule has 4 amide bonds. The summed E-state index contributed by atoms with van der Waals surface area (Å²) in [6.07, 6.45) is 0.294. The molecule has 0 bridgehead atoms. The summed E-state index contributed by atoms with van der Waals surface area (Å²) in [4.78, 5) is 58.4. The number of anilines is 1. The predicted molar refractivity (Wildman–Crippen MR) is 145 cm³/mol. The third-order valence-corrected chi connectivity index (χ3v) is 7.56. The Bertz CT molecular complexity index is 1680. The Labute approximate surface area is 228 Å². The number of carboxylic acids is 1. The van der Waals surface area contributed by atoms with Gasteiger partial charge in [0.2, 0.25) is 0 Å². The molecular formula is C29H23ClN4O5. The summed E-state index contributed by atoms with van der Waals surface area (Å²) in [5, 5.41) is 13.1. The molecule has 1 fully saturated rings. The van der Waals surface area contributed by atoms with Gasteiger partial charge < -0.3 is 15.4 Å². The van der Waals surface area contributed by atoms with Crippen LogP contribution in [0.1, 0.15) is 40.1 Å². The van der Waals surface area contributed by atoms with Crippen LogP contribution in [0.2, 0.25) is 5.02 Å². The van der Waals surface area contributed by atoms with E-state index < -0.39 is 41.9 Å². The van der Waals surface area contributed by atoms with E-state index in [1.807, 2.05) is 30.3 Å². The fourth-order valence-electron chi connectivity index (χ4n) is 5.52. The molecule has 3 heterocycles.